The summed E-state index contributed by atoms with van der Waals surface area (Å²) >= 11 is 5.90. The van der Waals surface area contributed by atoms with Gasteiger partial charge in [-0.15, -0.1) is 10.2 Å². The molecule has 3 N–H and O–H groups in total. The average Bonchev–Trinajstić information content (AvgIpc) is 3.10. The van der Waals surface area contributed by atoms with E-state index in [0.29, 0.717) is 22.0 Å². The molecule has 1 aromatic heterocycles. The van der Waals surface area contributed by atoms with Crippen molar-refractivity contribution >= 4 is 35.0 Å². The third-order valence-corrected chi connectivity index (χ3v) is 4.35. The van der Waals surface area contributed by atoms with E-state index in [0.717, 1.165) is 0 Å². The Kier molecular flexibility index (Phi) is 5.84. The number of nitrogens with one attached hydrogen (secondary N) is 2. The molecular formula is C20H19ClN4O4. The molecule has 8 nitrogen and oxygen atoms in total. The predicted octanol–water partition coefficient (Wildman–Crippen LogP) is 4.69. The molecule has 0 aliphatic carbocycles. The smallest absolute Gasteiger partial charge is 0.323 e. The van der Waals surface area contributed by atoms with Crippen LogP contribution in [0.15, 0.2) is 52.9 Å². The first-order valence-corrected chi connectivity index (χ1v) is 9.10. The van der Waals surface area contributed by atoms with Crippen LogP contribution in [0.4, 0.5) is 16.2 Å². The summed E-state index contributed by atoms with van der Waals surface area (Å²) in [5, 5.41) is 23.0. The largest absolute Gasteiger partial charge is 0.481 e. The number of carboxylic acids is 1. The Morgan fingerprint density at radius 2 is 1.76 bits per heavy atom. The lowest BCUT2D eigenvalue weighted by atomic mass is 9.90. The number of carbonyl (C=O) groups excluding carboxylic acids is 1. The number of carbonyl (C=O) groups is 2. The van der Waals surface area contributed by atoms with Gasteiger partial charge in [-0.3, -0.25) is 4.79 Å². The standard InChI is InChI=1S/C20H19ClN4O4/c1-20(2,18(26)27)11-16-24-25-17(29-16)12-6-8-14(9-7-12)22-19(28)23-15-5-3-4-13(21)10-15/h3-10H,11H2,1-2H3,(H,26,27)(H2,22,23,28). The van der Waals surface area contributed by atoms with Crippen molar-refractivity contribution in [3.63, 3.8) is 0 Å². The first-order valence-electron chi connectivity index (χ1n) is 8.73. The van der Waals surface area contributed by atoms with Crippen molar-refractivity contribution in [3.05, 3.63) is 59.4 Å². The number of nitrogens with zero attached hydrogens (tertiary/aromatic N) is 2. The van der Waals surface area contributed by atoms with Gasteiger partial charge in [0.05, 0.1) is 5.41 Å². The highest BCUT2D eigenvalue weighted by Crippen LogP contribution is 2.25. The van der Waals surface area contributed by atoms with Crippen molar-refractivity contribution in [2.24, 2.45) is 5.41 Å². The highest BCUT2D eigenvalue weighted by Gasteiger charge is 2.30. The molecule has 0 saturated heterocycles. The summed E-state index contributed by atoms with van der Waals surface area (Å²) in [5.74, 6) is -0.421. The number of aliphatic carboxylic acids is 1. The number of urea groups is 1. The number of rotatable bonds is 6. The van der Waals surface area contributed by atoms with Crippen molar-refractivity contribution in [3.8, 4) is 11.5 Å². The Bertz CT molecular complexity index is 1030. The molecule has 0 bridgehead atoms. The van der Waals surface area contributed by atoms with Crippen molar-refractivity contribution in [1.29, 1.82) is 0 Å². The third kappa shape index (κ3) is 5.32. The molecule has 9 heteroatoms. The van der Waals surface area contributed by atoms with Crippen molar-refractivity contribution in [2.45, 2.75) is 20.3 Å². The number of aromatic nitrogens is 2. The second-order valence-electron chi connectivity index (χ2n) is 7.03. The summed E-state index contributed by atoms with van der Waals surface area (Å²) in [6.45, 7) is 3.18. The molecule has 0 atom stereocenters. The summed E-state index contributed by atoms with van der Waals surface area (Å²) in [4.78, 5) is 23.3. The Balaban J connectivity index is 1.63. The monoisotopic (exact) mass is 414 g/mol. The molecule has 0 aliphatic heterocycles. The molecule has 0 aliphatic rings. The van der Waals surface area contributed by atoms with Gasteiger partial charge in [0.1, 0.15) is 0 Å². The van der Waals surface area contributed by atoms with E-state index >= 15 is 0 Å². The molecule has 2 aromatic carbocycles. The van der Waals surface area contributed by atoms with Gasteiger partial charge in [0.25, 0.3) is 0 Å². The maximum atomic E-state index is 12.1. The normalized spacial score (nSPS) is 11.1. The van der Waals surface area contributed by atoms with Gasteiger partial charge < -0.3 is 20.2 Å². The van der Waals surface area contributed by atoms with Crippen molar-refractivity contribution in [1.82, 2.24) is 10.2 Å². The van der Waals surface area contributed by atoms with Gasteiger partial charge in [0.15, 0.2) is 0 Å². The minimum absolute atomic E-state index is 0.124. The molecule has 29 heavy (non-hydrogen) atoms. The van der Waals surface area contributed by atoms with E-state index in [1.54, 1.807) is 62.4 Å². The van der Waals surface area contributed by atoms with Gasteiger partial charge >= 0.3 is 12.0 Å². The van der Waals surface area contributed by atoms with Crippen LogP contribution in [0, 0.1) is 5.41 Å². The summed E-state index contributed by atoms with van der Waals surface area (Å²) < 4.78 is 5.57. The molecule has 150 valence electrons. The van der Waals surface area contributed by atoms with Gasteiger partial charge in [-0.05, 0) is 56.3 Å². The summed E-state index contributed by atoms with van der Waals surface area (Å²) in [7, 11) is 0. The van der Waals surface area contributed by atoms with Crippen LogP contribution >= 0.6 is 11.6 Å². The van der Waals surface area contributed by atoms with E-state index in [4.69, 9.17) is 16.0 Å². The lowest BCUT2D eigenvalue weighted by molar-refractivity contribution is -0.147. The highest BCUT2D eigenvalue weighted by atomic mass is 35.5. The Hall–Kier alpha value is -3.39. The first-order chi connectivity index (χ1) is 13.7. The Labute approximate surface area is 171 Å². The predicted molar refractivity (Wildman–Crippen MR) is 109 cm³/mol. The fraction of sp³-hybridized carbons (Fsp3) is 0.200. The van der Waals surface area contributed by atoms with E-state index < -0.39 is 17.4 Å². The zero-order valence-corrected chi connectivity index (χ0v) is 16.5. The maximum absolute atomic E-state index is 12.1. The second-order valence-corrected chi connectivity index (χ2v) is 7.47. The Morgan fingerprint density at radius 3 is 2.41 bits per heavy atom. The Morgan fingerprint density at radius 1 is 1.07 bits per heavy atom. The van der Waals surface area contributed by atoms with Crippen LogP contribution in [0.1, 0.15) is 19.7 Å². The molecule has 0 unspecified atom stereocenters. The highest BCUT2D eigenvalue weighted by molar-refractivity contribution is 6.30. The summed E-state index contributed by atoms with van der Waals surface area (Å²) in [6.07, 6.45) is 0.124. The quantitative estimate of drug-likeness (QED) is 0.538. The third-order valence-electron chi connectivity index (χ3n) is 4.11. The van der Waals surface area contributed by atoms with Crippen LogP contribution in [0.25, 0.3) is 11.5 Å². The van der Waals surface area contributed by atoms with Crippen LogP contribution in [0.5, 0.6) is 0 Å². The van der Waals surface area contributed by atoms with Crippen LogP contribution in [0.3, 0.4) is 0 Å². The van der Waals surface area contributed by atoms with Gasteiger partial charge in [0.2, 0.25) is 11.8 Å². The van der Waals surface area contributed by atoms with Crippen molar-refractivity contribution in [2.75, 3.05) is 10.6 Å². The zero-order valence-electron chi connectivity index (χ0n) is 15.8. The number of anilines is 2. The molecule has 0 spiro atoms. The molecule has 1 heterocycles. The number of benzene rings is 2. The lowest BCUT2D eigenvalue weighted by Crippen LogP contribution is -2.26. The summed E-state index contributed by atoms with van der Waals surface area (Å²) in [5.41, 5.74) is 0.792. The minimum Gasteiger partial charge on any atom is -0.481 e. The van der Waals surface area contributed by atoms with Crippen LogP contribution in [0.2, 0.25) is 5.02 Å². The molecule has 0 radical (unpaired) electrons. The average molecular weight is 415 g/mol. The number of amides is 2. The van der Waals surface area contributed by atoms with Crippen LogP contribution in [-0.4, -0.2) is 27.3 Å². The fourth-order valence-electron chi connectivity index (χ4n) is 2.45. The van der Waals surface area contributed by atoms with Crippen molar-refractivity contribution < 1.29 is 19.1 Å². The van der Waals surface area contributed by atoms with E-state index in [1.807, 2.05) is 0 Å². The second kappa shape index (κ2) is 8.32. The van der Waals surface area contributed by atoms with Crippen LogP contribution in [-0.2, 0) is 11.2 Å². The SMILES string of the molecule is CC(C)(Cc1nnc(-c2ccc(NC(=O)Nc3cccc(Cl)c3)cc2)o1)C(=O)O. The molecule has 3 rings (SSSR count). The van der Waals surface area contributed by atoms with E-state index in [9.17, 15) is 14.7 Å². The van der Waals surface area contributed by atoms with Gasteiger partial charge in [-0.2, -0.15) is 0 Å². The van der Waals surface area contributed by atoms with Gasteiger partial charge in [-0.1, -0.05) is 17.7 Å². The fourth-order valence-corrected chi connectivity index (χ4v) is 2.64. The van der Waals surface area contributed by atoms with E-state index in [2.05, 4.69) is 20.8 Å². The molecular weight excluding hydrogens is 396 g/mol. The van der Waals surface area contributed by atoms with Gasteiger partial charge in [0, 0.05) is 28.4 Å². The maximum Gasteiger partial charge on any atom is 0.323 e. The lowest BCUT2D eigenvalue weighted by Gasteiger charge is -2.15. The minimum atomic E-state index is -1.01. The first kappa shape index (κ1) is 20.3. The number of halogens is 1. The number of hydrogen-bond donors (Lipinski definition) is 3. The van der Waals surface area contributed by atoms with E-state index in [-0.39, 0.29) is 18.2 Å². The number of hydrogen-bond acceptors (Lipinski definition) is 5. The summed E-state index contributed by atoms with van der Waals surface area (Å²) in [6, 6.07) is 13.2. The molecule has 2 amide bonds. The van der Waals surface area contributed by atoms with Gasteiger partial charge in [-0.25, -0.2) is 4.79 Å². The zero-order chi connectivity index (χ0) is 21.0. The van der Waals surface area contributed by atoms with Crippen LogP contribution < -0.4 is 10.6 Å². The molecule has 0 fully saturated rings. The number of carboxylic acid groups (broad SMARTS) is 1. The molecule has 0 saturated carbocycles. The molecule has 3 aromatic rings. The van der Waals surface area contributed by atoms with E-state index in [1.165, 1.54) is 0 Å². The topological polar surface area (TPSA) is 117 Å².